The van der Waals surface area contributed by atoms with E-state index in [1.165, 1.54) is 32.6 Å². The van der Waals surface area contributed by atoms with E-state index in [1.807, 2.05) is 60.7 Å². The highest BCUT2D eigenvalue weighted by molar-refractivity contribution is 5.97. The molecule has 0 aliphatic rings. The summed E-state index contributed by atoms with van der Waals surface area (Å²) in [5.41, 5.74) is 5.03. The molecule has 0 saturated heterocycles. The molecule has 9 nitrogen and oxygen atoms in total. The van der Waals surface area contributed by atoms with Crippen LogP contribution in [0.1, 0.15) is 94.6 Å². The van der Waals surface area contributed by atoms with Crippen molar-refractivity contribution in [2.24, 2.45) is 0 Å². The summed E-state index contributed by atoms with van der Waals surface area (Å²) >= 11 is 0. The van der Waals surface area contributed by atoms with Crippen molar-refractivity contribution in [3.8, 4) is 28.3 Å². The normalized spacial score (nSPS) is 12.7. The zero-order valence-electron chi connectivity index (χ0n) is 30.0. The Balaban J connectivity index is 1.40. The molecule has 4 aromatic rings. The predicted molar refractivity (Wildman–Crippen MR) is 198 cm³/mol. The van der Waals surface area contributed by atoms with Crippen molar-refractivity contribution in [1.29, 1.82) is 0 Å². The van der Waals surface area contributed by atoms with Crippen LogP contribution in [0.3, 0.4) is 0 Å². The number of amides is 2. The zero-order chi connectivity index (χ0) is 36.1. The van der Waals surface area contributed by atoms with Crippen molar-refractivity contribution >= 4 is 11.8 Å². The molecule has 266 valence electrons. The van der Waals surface area contributed by atoms with Crippen LogP contribution < -0.4 is 15.4 Å². The molecule has 1 heterocycles. The maximum absolute atomic E-state index is 13.3. The number of carbonyl (C=O) groups is 2. The van der Waals surface area contributed by atoms with Gasteiger partial charge in [0.05, 0.1) is 12.6 Å². The topological polar surface area (TPSA) is 134 Å². The summed E-state index contributed by atoms with van der Waals surface area (Å²) in [6.45, 7) is 10.8. The molecule has 9 heteroatoms. The third kappa shape index (κ3) is 11.0. The van der Waals surface area contributed by atoms with Gasteiger partial charge < -0.3 is 25.6 Å². The maximum Gasteiger partial charge on any atom is 0.251 e. The molecule has 50 heavy (non-hydrogen) atoms. The number of nitrogens with one attached hydrogen (secondary N) is 2. The Morgan fingerprint density at radius 1 is 0.780 bits per heavy atom. The summed E-state index contributed by atoms with van der Waals surface area (Å²) < 4.78 is 5.89. The Bertz CT molecular complexity index is 1640. The van der Waals surface area contributed by atoms with Crippen molar-refractivity contribution < 1.29 is 24.5 Å². The Hall–Kier alpha value is -4.60. The maximum atomic E-state index is 13.3. The monoisotopic (exact) mass is 680 g/mol. The number of hydrogen-bond acceptors (Lipinski definition) is 7. The number of ether oxygens (including phenoxy) is 1. The number of hydrogen-bond donors (Lipinski definition) is 4. The molecule has 2 atom stereocenters. The molecule has 3 aromatic carbocycles. The van der Waals surface area contributed by atoms with Gasteiger partial charge in [-0.2, -0.15) is 0 Å². The van der Waals surface area contributed by atoms with E-state index in [1.54, 1.807) is 24.5 Å². The Morgan fingerprint density at radius 3 is 2.00 bits per heavy atom. The van der Waals surface area contributed by atoms with Gasteiger partial charge in [0.25, 0.3) is 5.91 Å². The molecule has 0 aliphatic carbocycles. The molecular weight excluding hydrogens is 628 g/mol. The quantitative estimate of drug-likeness (QED) is 0.0657. The highest BCUT2D eigenvalue weighted by Crippen LogP contribution is 2.27. The Morgan fingerprint density at radius 2 is 1.40 bits per heavy atom. The fraction of sp³-hybridized carbons (Fsp3) is 0.415. The number of nitrogens with zero attached hydrogens (tertiary/aromatic N) is 2. The highest BCUT2D eigenvalue weighted by atomic mass is 16.5. The van der Waals surface area contributed by atoms with E-state index in [2.05, 4.69) is 48.3 Å². The van der Waals surface area contributed by atoms with Crippen LogP contribution in [0.25, 0.3) is 22.5 Å². The van der Waals surface area contributed by atoms with E-state index in [-0.39, 0.29) is 11.8 Å². The van der Waals surface area contributed by atoms with Crippen LogP contribution in [-0.2, 0) is 16.6 Å². The highest BCUT2D eigenvalue weighted by Gasteiger charge is 2.25. The molecule has 0 radical (unpaired) electrons. The summed E-state index contributed by atoms with van der Waals surface area (Å²) in [5, 5.41) is 24.5. The van der Waals surface area contributed by atoms with Crippen molar-refractivity contribution in [2.75, 3.05) is 6.61 Å². The molecule has 0 spiro atoms. The third-order valence-corrected chi connectivity index (χ3v) is 9.26. The van der Waals surface area contributed by atoms with Gasteiger partial charge in [-0.1, -0.05) is 102 Å². The van der Waals surface area contributed by atoms with E-state index in [0.29, 0.717) is 11.4 Å². The number of aliphatic hydroxyl groups excluding tert-OH is 1. The lowest BCUT2D eigenvalue weighted by Crippen LogP contribution is -2.52. The summed E-state index contributed by atoms with van der Waals surface area (Å²) in [7, 11) is 0. The second-order valence-electron chi connectivity index (χ2n) is 13.5. The molecule has 4 rings (SSSR count). The summed E-state index contributed by atoms with van der Waals surface area (Å²) in [6.07, 6.45) is 9.01. The molecule has 2 amide bonds. The first-order valence-electron chi connectivity index (χ1n) is 17.7. The summed E-state index contributed by atoms with van der Waals surface area (Å²) in [5.74, 6) is 0.499. The van der Waals surface area contributed by atoms with Gasteiger partial charge in [-0.3, -0.25) is 9.59 Å². The fourth-order valence-electron chi connectivity index (χ4n) is 5.42. The SMILES string of the molecule is CCCCCCCOc1ccc(-c2cnc(-c3ccc(CC(NC(=O)c4ccc(C(C)(C)CC)cc4)C(=O)NC(C)C(O)O)cc3)nc2)cc1. The summed E-state index contributed by atoms with van der Waals surface area (Å²) in [6, 6.07) is 21.0. The van der Waals surface area contributed by atoms with Gasteiger partial charge in [-0.05, 0) is 66.1 Å². The average Bonchev–Trinajstić information content (AvgIpc) is 3.13. The van der Waals surface area contributed by atoms with Gasteiger partial charge in [-0.15, -0.1) is 0 Å². The van der Waals surface area contributed by atoms with Gasteiger partial charge in [0.1, 0.15) is 11.8 Å². The molecule has 1 aromatic heterocycles. The van der Waals surface area contributed by atoms with Crippen LogP contribution >= 0.6 is 0 Å². The lowest BCUT2D eigenvalue weighted by atomic mass is 9.82. The zero-order valence-corrected chi connectivity index (χ0v) is 30.0. The fourth-order valence-corrected chi connectivity index (χ4v) is 5.42. The van der Waals surface area contributed by atoms with Gasteiger partial charge >= 0.3 is 0 Å². The van der Waals surface area contributed by atoms with Gasteiger partial charge in [0.2, 0.25) is 5.91 Å². The lowest BCUT2D eigenvalue weighted by molar-refractivity contribution is -0.128. The average molecular weight is 681 g/mol. The minimum absolute atomic E-state index is 0.0212. The number of unbranched alkanes of at least 4 members (excludes halogenated alkanes) is 4. The van der Waals surface area contributed by atoms with Gasteiger partial charge in [0.15, 0.2) is 12.1 Å². The van der Waals surface area contributed by atoms with Crippen LogP contribution in [0.2, 0.25) is 0 Å². The van der Waals surface area contributed by atoms with Crippen molar-refractivity contribution in [2.45, 2.75) is 103 Å². The number of rotatable bonds is 18. The van der Waals surface area contributed by atoms with E-state index in [4.69, 9.17) is 4.74 Å². The van der Waals surface area contributed by atoms with E-state index < -0.39 is 30.2 Å². The smallest absolute Gasteiger partial charge is 0.251 e. The van der Waals surface area contributed by atoms with Crippen molar-refractivity contribution in [1.82, 2.24) is 20.6 Å². The van der Waals surface area contributed by atoms with Crippen LogP contribution in [0.5, 0.6) is 5.75 Å². The minimum atomic E-state index is -1.74. The second-order valence-corrected chi connectivity index (χ2v) is 13.5. The first-order valence-corrected chi connectivity index (χ1v) is 17.7. The molecule has 2 unspecified atom stereocenters. The molecule has 0 bridgehead atoms. The standard InChI is InChI=1S/C41H52N4O5/c1-6-8-9-10-11-24-50-35-22-18-30(19-23-35)33-26-42-37(43-27-33)31-14-12-29(13-15-31)25-36(39(47)44-28(3)40(48)49)45-38(46)32-16-20-34(21-17-32)41(4,5)7-2/h12-23,26-28,36,40,48-49H,6-11,24-25H2,1-5H3,(H,44,47)(H,45,46). The number of aliphatic hydroxyl groups is 2. The largest absolute Gasteiger partial charge is 0.494 e. The van der Waals surface area contributed by atoms with Crippen molar-refractivity contribution in [3.63, 3.8) is 0 Å². The van der Waals surface area contributed by atoms with Gasteiger partial charge in [0, 0.05) is 35.5 Å². The predicted octanol–water partition coefficient (Wildman–Crippen LogP) is 7.00. The Kier molecular flexibility index (Phi) is 14.1. The van der Waals surface area contributed by atoms with Crippen LogP contribution in [0.4, 0.5) is 0 Å². The van der Waals surface area contributed by atoms with Crippen molar-refractivity contribution in [3.05, 3.63) is 102 Å². The van der Waals surface area contributed by atoms with Crippen LogP contribution in [0, 0.1) is 0 Å². The molecule has 0 fully saturated rings. The molecule has 0 saturated carbocycles. The second kappa shape index (κ2) is 18.4. The van der Waals surface area contributed by atoms with E-state index in [0.717, 1.165) is 53.0 Å². The number of carbonyl (C=O) groups excluding carboxylic acids is 2. The first-order chi connectivity index (χ1) is 24.0. The van der Waals surface area contributed by atoms with E-state index in [9.17, 15) is 19.8 Å². The summed E-state index contributed by atoms with van der Waals surface area (Å²) in [4.78, 5) is 35.7. The minimum Gasteiger partial charge on any atom is -0.494 e. The van der Waals surface area contributed by atoms with Crippen LogP contribution in [-0.4, -0.2) is 57.0 Å². The number of aromatic nitrogens is 2. The Labute approximate surface area is 296 Å². The molecular formula is C41H52N4O5. The van der Waals surface area contributed by atoms with E-state index >= 15 is 0 Å². The van der Waals surface area contributed by atoms with Gasteiger partial charge in [-0.25, -0.2) is 9.97 Å². The number of benzene rings is 3. The first kappa shape index (κ1) is 38.2. The third-order valence-electron chi connectivity index (χ3n) is 9.26. The molecule has 0 aliphatic heterocycles. The molecule has 4 N–H and O–H groups in total. The van der Waals surface area contributed by atoms with Crippen LogP contribution in [0.15, 0.2) is 85.2 Å². The lowest BCUT2D eigenvalue weighted by Gasteiger charge is -2.24.